The van der Waals surface area contributed by atoms with Gasteiger partial charge in [-0.15, -0.1) is 0 Å². The van der Waals surface area contributed by atoms with Crippen LogP contribution in [0.5, 0.6) is 0 Å². The molecule has 0 spiro atoms. The maximum absolute atomic E-state index is 11.1. The molecule has 21 heavy (non-hydrogen) atoms. The number of aliphatic hydroxyl groups is 1. The number of benzene rings is 1. The Balaban J connectivity index is 0.000000774. The van der Waals surface area contributed by atoms with Gasteiger partial charge in [-0.2, -0.15) is 0 Å². The van der Waals surface area contributed by atoms with Crippen molar-refractivity contribution in [2.45, 2.75) is 72.3 Å². The molecule has 4 unspecified atom stereocenters. The summed E-state index contributed by atoms with van der Waals surface area (Å²) >= 11 is 0. The summed E-state index contributed by atoms with van der Waals surface area (Å²) in [6.45, 7) is 10.9. The highest BCUT2D eigenvalue weighted by Crippen LogP contribution is 2.59. The lowest BCUT2D eigenvalue weighted by molar-refractivity contribution is -0.0678. The largest absolute Gasteiger partial charge is 0.385 e. The van der Waals surface area contributed by atoms with E-state index in [2.05, 4.69) is 45.0 Å². The molecule has 0 bridgehead atoms. The average Bonchev–Trinajstić information content (AvgIpc) is 2.78. The molecule has 3 rings (SSSR count). The predicted molar refractivity (Wildman–Crippen MR) is 90.3 cm³/mol. The Morgan fingerprint density at radius 3 is 2.29 bits per heavy atom. The molecule has 2 aliphatic carbocycles. The predicted octanol–water partition coefficient (Wildman–Crippen LogP) is 5.45. The Morgan fingerprint density at radius 1 is 1.05 bits per heavy atom. The molecule has 118 valence electrons. The zero-order chi connectivity index (χ0) is 15.7. The Hall–Kier alpha value is -0.820. The first-order valence-corrected chi connectivity index (χ1v) is 8.74. The fourth-order valence-corrected chi connectivity index (χ4v) is 4.41. The van der Waals surface area contributed by atoms with Gasteiger partial charge in [0.15, 0.2) is 0 Å². The van der Waals surface area contributed by atoms with Crippen LogP contribution in [0.25, 0.3) is 0 Å². The van der Waals surface area contributed by atoms with Gasteiger partial charge in [0.2, 0.25) is 0 Å². The van der Waals surface area contributed by atoms with Crippen LogP contribution in [0.3, 0.4) is 0 Å². The highest BCUT2D eigenvalue weighted by atomic mass is 16.3. The summed E-state index contributed by atoms with van der Waals surface area (Å²) in [4.78, 5) is 0. The van der Waals surface area contributed by atoms with Crippen LogP contribution in [-0.4, -0.2) is 5.11 Å². The first-order chi connectivity index (χ1) is 9.94. The summed E-state index contributed by atoms with van der Waals surface area (Å²) in [6, 6.07) is 8.49. The van der Waals surface area contributed by atoms with Crippen LogP contribution in [0.15, 0.2) is 24.3 Å². The minimum Gasteiger partial charge on any atom is -0.385 e. The van der Waals surface area contributed by atoms with Gasteiger partial charge in [-0.1, -0.05) is 57.5 Å². The molecule has 0 aliphatic heterocycles. The van der Waals surface area contributed by atoms with Crippen molar-refractivity contribution in [1.82, 2.24) is 0 Å². The molecule has 1 aromatic carbocycles. The van der Waals surface area contributed by atoms with Crippen LogP contribution >= 0.6 is 0 Å². The molecule has 0 heterocycles. The monoisotopic (exact) mass is 288 g/mol. The highest BCUT2D eigenvalue weighted by molar-refractivity contribution is 5.27. The van der Waals surface area contributed by atoms with Crippen molar-refractivity contribution < 1.29 is 5.11 Å². The molecule has 1 aromatic rings. The lowest BCUT2D eigenvalue weighted by atomic mass is 9.60. The maximum Gasteiger partial charge on any atom is 0.0899 e. The van der Waals surface area contributed by atoms with Gasteiger partial charge in [-0.05, 0) is 61.8 Å². The van der Waals surface area contributed by atoms with E-state index in [0.717, 1.165) is 24.3 Å². The molecular weight excluding hydrogens is 256 g/mol. The van der Waals surface area contributed by atoms with Crippen molar-refractivity contribution >= 4 is 0 Å². The van der Waals surface area contributed by atoms with Gasteiger partial charge in [-0.25, -0.2) is 0 Å². The lowest BCUT2D eigenvalue weighted by Gasteiger charge is -2.47. The summed E-state index contributed by atoms with van der Waals surface area (Å²) < 4.78 is 0. The Morgan fingerprint density at radius 2 is 1.67 bits per heavy atom. The fraction of sp³-hybridized carbons (Fsp3) is 0.700. The van der Waals surface area contributed by atoms with Gasteiger partial charge in [0.05, 0.1) is 5.60 Å². The van der Waals surface area contributed by atoms with Crippen molar-refractivity contribution in [2.75, 3.05) is 0 Å². The Bertz CT molecular complexity index is 463. The first kappa shape index (κ1) is 16.5. The third-order valence-corrected chi connectivity index (χ3v) is 6.26. The number of aryl methyl sites for hydroxylation is 1. The molecule has 1 N–H and O–H groups in total. The van der Waals surface area contributed by atoms with Gasteiger partial charge in [0.1, 0.15) is 0 Å². The van der Waals surface area contributed by atoms with Crippen molar-refractivity contribution in [3.8, 4) is 0 Å². The SMILES string of the molecule is CC.Cc1ccc(C2(O)CCC3(C)C(C)CCC3C2)cc1. The molecule has 1 heteroatoms. The third-order valence-electron chi connectivity index (χ3n) is 6.26. The van der Waals surface area contributed by atoms with E-state index in [1.807, 2.05) is 13.8 Å². The summed E-state index contributed by atoms with van der Waals surface area (Å²) in [6.07, 6.45) is 5.69. The molecule has 2 aliphatic rings. The topological polar surface area (TPSA) is 20.2 Å². The molecule has 0 aromatic heterocycles. The minimum atomic E-state index is -0.581. The number of rotatable bonds is 1. The van der Waals surface area contributed by atoms with Crippen LogP contribution in [0, 0.1) is 24.2 Å². The van der Waals surface area contributed by atoms with E-state index in [0.29, 0.717) is 11.3 Å². The molecular formula is C20H32O. The van der Waals surface area contributed by atoms with Crippen LogP contribution < -0.4 is 0 Å². The van der Waals surface area contributed by atoms with Gasteiger partial charge in [-0.3, -0.25) is 0 Å². The highest BCUT2D eigenvalue weighted by Gasteiger charge is 2.51. The summed E-state index contributed by atoms with van der Waals surface area (Å²) in [5.74, 6) is 1.52. The van der Waals surface area contributed by atoms with Crippen LogP contribution in [0.1, 0.15) is 70.9 Å². The van der Waals surface area contributed by atoms with E-state index in [1.54, 1.807) is 0 Å². The van der Waals surface area contributed by atoms with E-state index in [9.17, 15) is 5.11 Å². The first-order valence-electron chi connectivity index (χ1n) is 8.74. The number of hydrogen-bond acceptors (Lipinski definition) is 1. The average molecular weight is 288 g/mol. The van der Waals surface area contributed by atoms with Crippen LogP contribution in [-0.2, 0) is 5.60 Å². The van der Waals surface area contributed by atoms with Crippen LogP contribution in [0.4, 0.5) is 0 Å². The standard InChI is InChI=1S/C18H26O.C2H6/c1-13-4-7-15(8-5-13)18(19)11-10-17(3)14(2)6-9-16(17)12-18;1-2/h4-5,7-8,14,16,19H,6,9-12H2,1-3H3;1-2H3. The lowest BCUT2D eigenvalue weighted by Crippen LogP contribution is -2.42. The Labute approximate surface area is 130 Å². The van der Waals surface area contributed by atoms with Crippen LogP contribution in [0.2, 0.25) is 0 Å². The zero-order valence-electron chi connectivity index (χ0n) is 14.4. The molecule has 4 atom stereocenters. The molecule has 2 fully saturated rings. The second kappa shape index (κ2) is 6.12. The zero-order valence-corrected chi connectivity index (χ0v) is 14.4. The van der Waals surface area contributed by atoms with E-state index < -0.39 is 5.60 Å². The summed E-state index contributed by atoms with van der Waals surface area (Å²) in [5.41, 5.74) is 2.28. The quantitative estimate of drug-likeness (QED) is 0.729. The van der Waals surface area contributed by atoms with Gasteiger partial charge in [0.25, 0.3) is 0 Å². The van der Waals surface area contributed by atoms with Gasteiger partial charge >= 0.3 is 0 Å². The third kappa shape index (κ3) is 2.90. The van der Waals surface area contributed by atoms with Gasteiger partial charge in [0, 0.05) is 0 Å². The number of hydrogen-bond donors (Lipinski definition) is 1. The second-order valence-corrected chi connectivity index (χ2v) is 7.28. The van der Waals surface area contributed by atoms with Crippen molar-refractivity contribution in [3.05, 3.63) is 35.4 Å². The van der Waals surface area contributed by atoms with Crippen molar-refractivity contribution in [3.63, 3.8) is 0 Å². The van der Waals surface area contributed by atoms with Crippen molar-refractivity contribution in [2.24, 2.45) is 17.3 Å². The van der Waals surface area contributed by atoms with E-state index >= 15 is 0 Å². The molecule has 0 saturated heterocycles. The minimum absolute atomic E-state index is 0.469. The molecule has 0 amide bonds. The van der Waals surface area contributed by atoms with Crippen molar-refractivity contribution in [1.29, 1.82) is 0 Å². The van der Waals surface area contributed by atoms with Gasteiger partial charge < -0.3 is 5.11 Å². The summed E-state index contributed by atoms with van der Waals surface area (Å²) in [5, 5.41) is 11.1. The molecule has 0 radical (unpaired) electrons. The van der Waals surface area contributed by atoms with E-state index in [4.69, 9.17) is 0 Å². The second-order valence-electron chi connectivity index (χ2n) is 7.28. The maximum atomic E-state index is 11.1. The normalized spacial score (nSPS) is 38.4. The smallest absolute Gasteiger partial charge is 0.0899 e. The van der Waals surface area contributed by atoms with E-state index in [1.165, 1.54) is 24.8 Å². The van der Waals surface area contributed by atoms with E-state index in [-0.39, 0.29) is 0 Å². The Kier molecular flexibility index (Phi) is 4.82. The summed E-state index contributed by atoms with van der Waals surface area (Å²) in [7, 11) is 0. The molecule has 1 nitrogen and oxygen atoms in total. The number of fused-ring (bicyclic) bond motifs is 1. The molecule has 2 saturated carbocycles. The fourth-order valence-electron chi connectivity index (χ4n) is 4.41.